The topological polar surface area (TPSA) is 69.6 Å². The highest BCUT2D eigenvalue weighted by Gasteiger charge is 2.14. The molecule has 1 aliphatic carbocycles. The van der Waals surface area contributed by atoms with Crippen LogP contribution >= 0.6 is 0 Å². The summed E-state index contributed by atoms with van der Waals surface area (Å²) in [6, 6.07) is 5.93. The largest absolute Gasteiger partial charge is 0.356 e. The van der Waals surface area contributed by atoms with E-state index in [1.807, 2.05) is 18.2 Å². The van der Waals surface area contributed by atoms with E-state index in [9.17, 15) is 4.79 Å². The van der Waals surface area contributed by atoms with Gasteiger partial charge in [-0.2, -0.15) is 0 Å². The minimum Gasteiger partial charge on any atom is -0.356 e. The van der Waals surface area contributed by atoms with Gasteiger partial charge in [-0.05, 0) is 30.9 Å². The van der Waals surface area contributed by atoms with E-state index in [0.29, 0.717) is 5.92 Å². The van der Waals surface area contributed by atoms with Crippen LogP contribution in [0.2, 0.25) is 0 Å². The minimum atomic E-state index is 0.00323. The van der Waals surface area contributed by atoms with Crippen molar-refractivity contribution in [3.05, 3.63) is 30.1 Å². The first-order chi connectivity index (χ1) is 12.1. The van der Waals surface area contributed by atoms with Crippen LogP contribution in [0.5, 0.6) is 0 Å². The van der Waals surface area contributed by atoms with Crippen molar-refractivity contribution in [2.45, 2.75) is 38.5 Å². The van der Waals surface area contributed by atoms with Gasteiger partial charge in [0.05, 0.1) is 0 Å². The van der Waals surface area contributed by atoms with Crippen molar-refractivity contribution in [1.29, 1.82) is 0 Å². The van der Waals surface area contributed by atoms with Crippen molar-refractivity contribution in [2.75, 3.05) is 33.7 Å². The molecule has 1 aromatic heterocycles. The van der Waals surface area contributed by atoms with Crippen molar-refractivity contribution < 1.29 is 4.79 Å². The second-order valence-electron chi connectivity index (χ2n) is 6.84. The molecule has 1 aromatic rings. The molecule has 2 rings (SSSR count). The van der Waals surface area contributed by atoms with Gasteiger partial charge < -0.3 is 15.5 Å². The van der Waals surface area contributed by atoms with Crippen molar-refractivity contribution >= 4 is 11.9 Å². The molecule has 0 atom stereocenters. The number of hydrogen-bond acceptors (Lipinski definition) is 3. The molecule has 138 valence electrons. The van der Waals surface area contributed by atoms with Crippen LogP contribution in [0.25, 0.3) is 0 Å². The SMILES string of the molecule is CN(C)C(=O)CN=C(NCCc1ccccn1)NCC1CCCCC1. The van der Waals surface area contributed by atoms with Gasteiger partial charge in [-0.1, -0.05) is 25.3 Å². The van der Waals surface area contributed by atoms with Crippen LogP contribution < -0.4 is 10.6 Å². The molecule has 0 spiro atoms. The predicted molar refractivity (Wildman–Crippen MR) is 102 cm³/mol. The van der Waals surface area contributed by atoms with E-state index in [-0.39, 0.29) is 12.5 Å². The first kappa shape index (κ1) is 19.2. The van der Waals surface area contributed by atoms with Crippen molar-refractivity contribution in [2.24, 2.45) is 10.9 Å². The summed E-state index contributed by atoms with van der Waals surface area (Å²) < 4.78 is 0. The molecule has 0 aliphatic heterocycles. The lowest BCUT2D eigenvalue weighted by Gasteiger charge is -2.23. The number of carbonyl (C=O) groups excluding carboxylic acids is 1. The smallest absolute Gasteiger partial charge is 0.243 e. The normalized spacial score (nSPS) is 15.7. The summed E-state index contributed by atoms with van der Waals surface area (Å²) in [5.74, 6) is 1.43. The maximum atomic E-state index is 11.8. The molecule has 2 N–H and O–H groups in total. The van der Waals surface area contributed by atoms with Crippen LogP contribution in [0, 0.1) is 5.92 Å². The number of aliphatic imine (C=N–C) groups is 1. The Labute approximate surface area is 151 Å². The summed E-state index contributed by atoms with van der Waals surface area (Å²) in [7, 11) is 3.50. The average Bonchev–Trinajstić information content (AvgIpc) is 2.64. The lowest BCUT2D eigenvalue weighted by atomic mass is 9.89. The molecule has 1 saturated carbocycles. The third-order valence-corrected chi connectivity index (χ3v) is 4.55. The Morgan fingerprint density at radius 1 is 1.24 bits per heavy atom. The van der Waals surface area contributed by atoms with Crippen LogP contribution in [0.1, 0.15) is 37.8 Å². The third kappa shape index (κ3) is 7.54. The molecule has 0 saturated heterocycles. The fourth-order valence-electron chi connectivity index (χ4n) is 2.95. The molecule has 25 heavy (non-hydrogen) atoms. The van der Waals surface area contributed by atoms with Gasteiger partial charge in [0.25, 0.3) is 0 Å². The van der Waals surface area contributed by atoms with Crippen LogP contribution in [-0.4, -0.2) is 55.5 Å². The highest BCUT2D eigenvalue weighted by atomic mass is 16.2. The fourth-order valence-corrected chi connectivity index (χ4v) is 2.95. The zero-order valence-electron chi connectivity index (χ0n) is 15.5. The van der Waals surface area contributed by atoms with Crippen LogP contribution in [0.4, 0.5) is 0 Å². The highest BCUT2D eigenvalue weighted by Crippen LogP contribution is 2.22. The summed E-state index contributed by atoms with van der Waals surface area (Å²) >= 11 is 0. The molecule has 0 bridgehead atoms. The Morgan fingerprint density at radius 3 is 2.72 bits per heavy atom. The zero-order valence-corrected chi connectivity index (χ0v) is 15.5. The summed E-state index contributed by atoms with van der Waals surface area (Å²) in [6.07, 6.45) is 9.21. The van der Waals surface area contributed by atoms with Gasteiger partial charge in [0.1, 0.15) is 6.54 Å². The summed E-state index contributed by atoms with van der Waals surface area (Å²) in [5.41, 5.74) is 1.05. The fraction of sp³-hybridized carbons (Fsp3) is 0.632. The Bertz CT molecular complexity index is 538. The first-order valence-corrected chi connectivity index (χ1v) is 9.27. The second-order valence-corrected chi connectivity index (χ2v) is 6.84. The lowest BCUT2D eigenvalue weighted by Crippen LogP contribution is -2.41. The molecular formula is C19H31N5O. The van der Waals surface area contributed by atoms with Crippen molar-refractivity contribution in [1.82, 2.24) is 20.5 Å². The van der Waals surface area contributed by atoms with E-state index in [2.05, 4.69) is 20.6 Å². The number of pyridine rings is 1. The number of carbonyl (C=O) groups is 1. The first-order valence-electron chi connectivity index (χ1n) is 9.27. The molecule has 1 amide bonds. The Balaban J connectivity index is 1.83. The van der Waals surface area contributed by atoms with E-state index < -0.39 is 0 Å². The average molecular weight is 345 g/mol. The third-order valence-electron chi connectivity index (χ3n) is 4.55. The van der Waals surface area contributed by atoms with Gasteiger partial charge in [0.2, 0.25) is 5.91 Å². The number of nitrogens with one attached hydrogen (secondary N) is 2. The molecular weight excluding hydrogens is 314 g/mol. The number of guanidine groups is 1. The molecule has 6 nitrogen and oxygen atoms in total. The van der Waals surface area contributed by atoms with Gasteiger partial charge >= 0.3 is 0 Å². The molecule has 1 aliphatic rings. The Kier molecular flexibility index (Phi) is 8.22. The lowest BCUT2D eigenvalue weighted by molar-refractivity contribution is -0.127. The second kappa shape index (κ2) is 10.7. The summed E-state index contributed by atoms with van der Waals surface area (Å²) in [5, 5.41) is 6.75. The van der Waals surface area contributed by atoms with Crippen molar-refractivity contribution in [3.63, 3.8) is 0 Å². The molecule has 6 heteroatoms. The van der Waals surface area contributed by atoms with E-state index in [1.54, 1.807) is 25.2 Å². The number of rotatable bonds is 7. The quantitative estimate of drug-likeness (QED) is 0.584. The van der Waals surface area contributed by atoms with Gasteiger partial charge in [-0.15, -0.1) is 0 Å². The molecule has 0 radical (unpaired) electrons. The summed E-state index contributed by atoms with van der Waals surface area (Å²) in [4.78, 5) is 22.1. The zero-order chi connectivity index (χ0) is 17.9. The predicted octanol–water partition coefficient (Wildman–Crippen LogP) is 1.83. The van der Waals surface area contributed by atoms with E-state index >= 15 is 0 Å². The summed E-state index contributed by atoms with van der Waals surface area (Å²) in [6.45, 7) is 1.83. The maximum absolute atomic E-state index is 11.8. The number of hydrogen-bond donors (Lipinski definition) is 2. The number of nitrogens with zero attached hydrogens (tertiary/aromatic N) is 3. The Hall–Kier alpha value is -2.11. The van der Waals surface area contributed by atoms with E-state index in [0.717, 1.165) is 31.2 Å². The molecule has 0 aromatic carbocycles. The number of aromatic nitrogens is 1. The number of amides is 1. The van der Waals surface area contributed by atoms with Crippen molar-refractivity contribution in [3.8, 4) is 0 Å². The molecule has 0 unspecified atom stereocenters. The minimum absolute atomic E-state index is 0.00323. The van der Waals surface area contributed by atoms with Crippen LogP contribution in [-0.2, 0) is 11.2 Å². The van der Waals surface area contributed by atoms with E-state index in [1.165, 1.54) is 32.1 Å². The Morgan fingerprint density at radius 2 is 2.04 bits per heavy atom. The maximum Gasteiger partial charge on any atom is 0.243 e. The van der Waals surface area contributed by atoms with Gasteiger partial charge in [0.15, 0.2) is 5.96 Å². The van der Waals surface area contributed by atoms with Gasteiger partial charge in [-0.3, -0.25) is 9.78 Å². The van der Waals surface area contributed by atoms with E-state index in [4.69, 9.17) is 0 Å². The number of likely N-dealkylation sites (N-methyl/N-ethyl adjacent to an activating group) is 1. The molecule has 1 heterocycles. The van der Waals surface area contributed by atoms with Gasteiger partial charge in [0, 0.05) is 45.5 Å². The standard InChI is InChI=1S/C19H31N5O/c1-24(2)18(25)15-23-19(22-14-16-8-4-3-5-9-16)21-13-11-17-10-6-7-12-20-17/h6-7,10,12,16H,3-5,8-9,11,13-15H2,1-2H3,(H2,21,22,23). The monoisotopic (exact) mass is 345 g/mol. The van der Waals surface area contributed by atoms with Gasteiger partial charge in [-0.25, -0.2) is 4.99 Å². The molecule has 1 fully saturated rings. The van der Waals surface area contributed by atoms with Crippen LogP contribution in [0.15, 0.2) is 29.4 Å². The highest BCUT2D eigenvalue weighted by molar-refractivity contribution is 5.84. The van der Waals surface area contributed by atoms with Crippen LogP contribution in [0.3, 0.4) is 0 Å².